The molecule has 0 saturated heterocycles. The van der Waals surface area contributed by atoms with Crippen LogP contribution in [0.15, 0.2) is 24.3 Å². The number of ether oxygens (including phenoxy) is 1. The largest absolute Gasteiger partial charge is 0.382 e. The fraction of sp³-hybridized carbons (Fsp3) is 0.467. The smallest absolute Gasteiger partial charge is 0.309 e. The van der Waals surface area contributed by atoms with E-state index in [1.807, 2.05) is 31.2 Å². The third kappa shape index (κ3) is 6.87. The zero-order chi connectivity index (χ0) is 15.5. The van der Waals surface area contributed by atoms with Crippen molar-refractivity contribution in [1.29, 1.82) is 0 Å². The van der Waals surface area contributed by atoms with E-state index < -0.39 is 11.8 Å². The molecular weight excluding hydrogens is 270 g/mol. The summed E-state index contributed by atoms with van der Waals surface area (Å²) in [6.07, 6.45) is 0.686. The third-order valence-corrected chi connectivity index (χ3v) is 2.84. The molecule has 0 radical (unpaired) electrons. The van der Waals surface area contributed by atoms with E-state index in [-0.39, 0.29) is 0 Å². The summed E-state index contributed by atoms with van der Waals surface area (Å²) < 4.78 is 5.14. The summed E-state index contributed by atoms with van der Waals surface area (Å²) in [5, 5.41) is 5.13. The molecule has 0 aliphatic rings. The second kappa shape index (κ2) is 9.90. The molecule has 0 unspecified atom stereocenters. The van der Waals surface area contributed by atoms with Crippen molar-refractivity contribution in [2.24, 2.45) is 5.73 Å². The quantitative estimate of drug-likeness (QED) is 0.475. The fourth-order valence-electron chi connectivity index (χ4n) is 1.73. The first-order valence-corrected chi connectivity index (χ1v) is 7.09. The number of amides is 2. The number of carbonyl (C=O) groups excluding carboxylic acids is 2. The SMILES string of the molecule is CCOCCCNC(=O)C(=O)NCc1cccc(CN)c1. The Morgan fingerprint density at radius 3 is 2.62 bits per heavy atom. The van der Waals surface area contributed by atoms with Gasteiger partial charge in [-0.2, -0.15) is 0 Å². The highest BCUT2D eigenvalue weighted by atomic mass is 16.5. The number of benzene rings is 1. The van der Waals surface area contributed by atoms with Crippen molar-refractivity contribution in [3.63, 3.8) is 0 Å². The van der Waals surface area contributed by atoms with Crippen LogP contribution in [-0.4, -0.2) is 31.6 Å². The van der Waals surface area contributed by atoms with Crippen molar-refractivity contribution in [3.8, 4) is 0 Å². The summed E-state index contributed by atoms with van der Waals surface area (Å²) in [5.41, 5.74) is 7.45. The van der Waals surface area contributed by atoms with Gasteiger partial charge < -0.3 is 21.1 Å². The van der Waals surface area contributed by atoms with Gasteiger partial charge in [0, 0.05) is 32.8 Å². The Labute approximate surface area is 125 Å². The van der Waals surface area contributed by atoms with Crippen molar-refractivity contribution >= 4 is 11.8 Å². The molecule has 0 atom stereocenters. The van der Waals surface area contributed by atoms with E-state index in [2.05, 4.69) is 10.6 Å². The molecule has 1 aromatic carbocycles. The molecular formula is C15H23N3O3. The van der Waals surface area contributed by atoms with Crippen LogP contribution >= 0.6 is 0 Å². The Bertz CT molecular complexity index is 463. The number of nitrogens with two attached hydrogens (primary N) is 1. The maximum absolute atomic E-state index is 11.6. The summed E-state index contributed by atoms with van der Waals surface area (Å²) in [6, 6.07) is 7.56. The van der Waals surface area contributed by atoms with Crippen molar-refractivity contribution in [1.82, 2.24) is 10.6 Å². The molecule has 0 fully saturated rings. The molecule has 0 aliphatic carbocycles. The molecule has 0 aliphatic heterocycles. The van der Waals surface area contributed by atoms with Crippen molar-refractivity contribution in [2.45, 2.75) is 26.4 Å². The van der Waals surface area contributed by atoms with Crippen LogP contribution in [0.25, 0.3) is 0 Å². The Balaban J connectivity index is 2.27. The Morgan fingerprint density at radius 2 is 1.90 bits per heavy atom. The van der Waals surface area contributed by atoms with E-state index in [1.54, 1.807) is 0 Å². The molecule has 1 rings (SSSR count). The van der Waals surface area contributed by atoms with Crippen LogP contribution in [0.3, 0.4) is 0 Å². The number of hydrogen-bond acceptors (Lipinski definition) is 4. The second-order valence-electron chi connectivity index (χ2n) is 4.51. The predicted octanol–water partition coefficient (Wildman–Crippen LogP) is 0.304. The van der Waals surface area contributed by atoms with Crippen LogP contribution in [0, 0.1) is 0 Å². The second-order valence-corrected chi connectivity index (χ2v) is 4.51. The van der Waals surface area contributed by atoms with E-state index >= 15 is 0 Å². The Hall–Kier alpha value is -1.92. The molecule has 1 aromatic rings. The first-order chi connectivity index (χ1) is 10.2. The van der Waals surface area contributed by atoms with Crippen LogP contribution in [0.2, 0.25) is 0 Å². The zero-order valence-electron chi connectivity index (χ0n) is 12.4. The molecule has 2 amide bonds. The van der Waals surface area contributed by atoms with E-state index in [4.69, 9.17) is 10.5 Å². The Morgan fingerprint density at radius 1 is 1.19 bits per heavy atom. The summed E-state index contributed by atoms with van der Waals surface area (Å²) in [7, 11) is 0. The van der Waals surface area contributed by atoms with Gasteiger partial charge in [-0.15, -0.1) is 0 Å². The van der Waals surface area contributed by atoms with Crippen LogP contribution < -0.4 is 16.4 Å². The van der Waals surface area contributed by atoms with Gasteiger partial charge in [0.05, 0.1) is 0 Å². The van der Waals surface area contributed by atoms with Gasteiger partial charge in [-0.05, 0) is 24.5 Å². The van der Waals surface area contributed by atoms with E-state index in [0.29, 0.717) is 39.3 Å². The normalized spacial score (nSPS) is 10.2. The molecule has 6 heteroatoms. The number of hydrogen-bond donors (Lipinski definition) is 3. The molecule has 0 aromatic heterocycles. The summed E-state index contributed by atoms with van der Waals surface area (Å²) >= 11 is 0. The molecule has 0 spiro atoms. The molecule has 4 N–H and O–H groups in total. The van der Waals surface area contributed by atoms with Gasteiger partial charge in [0.1, 0.15) is 0 Å². The first-order valence-electron chi connectivity index (χ1n) is 7.09. The van der Waals surface area contributed by atoms with Crippen molar-refractivity contribution in [2.75, 3.05) is 19.8 Å². The average molecular weight is 293 g/mol. The minimum Gasteiger partial charge on any atom is -0.382 e. The lowest BCUT2D eigenvalue weighted by Gasteiger charge is -2.07. The lowest BCUT2D eigenvalue weighted by atomic mass is 10.1. The van der Waals surface area contributed by atoms with Gasteiger partial charge >= 0.3 is 11.8 Å². The lowest BCUT2D eigenvalue weighted by molar-refractivity contribution is -0.139. The van der Waals surface area contributed by atoms with Crippen LogP contribution in [-0.2, 0) is 27.4 Å². The van der Waals surface area contributed by atoms with Gasteiger partial charge in [0.2, 0.25) is 0 Å². The van der Waals surface area contributed by atoms with E-state index in [9.17, 15) is 9.59 Å². The number of rotatable bonds is 8. The van der Waals surface area contributed by atoms with E-state index in [0.717, 1.165) is 11.1 Å². The lowest BCUT2D eigenvalue weighted by Crippen LogP contribution is -2.40. The maximum atomic E-state index is 11.6. The van der Waals surface area contributed by atoms with Gasteiger partial charge in [0.15, 0.2) is 0 Å². The first kappa shape index (κ1) is 17.1. The van der Waals surface area contributed by atoms with Crippen molar-refractivity contribution < 1.29 is 14.3 Å². The summed E-state index contributed by atoms with van der Waals surface area (Å²) in [4.78, 5) is 23.1. The standard InChI is InChI=1S/C15H23N3O3/c1-2-21-8-4-7-17-14(19)15(20)18-11-13-6-3-5-12(9-13)10-16/h3,5-6,9H,2,4,7-8,10-11,16H2,1H3,(H,17,19)(H,18,20). The zero-order valence-corrected chi connectivity index (χ0v) is 12.4. The number of nitrogens with one attached hydrogen (secondary N) is 2. The van der Waals surface area contributed by atoms with Crippen LogP contribution in [0.1, 0.15) is 24.5 Å². The molecule has 116 valence electrons. The topological polar surface area (TPSA) is 93.4 Å². The maximum Gasteiger partial charge on any atom is 0.309 e. The molecule has 0 bridgehead atoms. The van der Waals surface area contributed by atoms with Gasteiger partial charge in [-0.25, -0.2) is 0 Å². The molecule has 0 saturated carbocycles. The minimum absolute atomic E-state index is 0.305. The van der Waals surface area contributed by atoms with Crippen LogP contribution in [0.4, 0.5) is 0 Å². The highest BCUT2D eigenvalue weighted by molar-refractivity contribution is 6.35. The highest BCUT2D eigenvalue weighted by Crippen LogP contribution is 2.03. The van der Waals surface area contributed by atoms with Crippen molar-refractivity contribution in [3.05, 3.63) is 35.4 Å². The molecule has 6 nitrogen and oxygen atoms in total. The molecule has 0 heterocycles. The Kier molecular flexibility index (Phi) is 8.08. The summed E-state index contributed by atoms with van der Waals surface area (Å²) in [6.45, 7) is 4.31. The average Bonchev–Trinajstić information content (AvgIpc) is 2.52. The van der Waals surface area contributed by atoms with Crippen LogP contribution in [0.5, 0.6) is 0 Å². The van der Waals surface area contributed by atoms with E-state index in [1.165, 1.54) is 0 Å². The van der Waals surface area contributed by atoms with Gasteiger partial charge in [0.25, 0.3) is 0 Å². The summed E-state index contributed by atoms with van der Waals surface area (Å²) in [5.74, 6) is -1.26. The van der Waals surface area contributed by atoms with Gasteiger partial charge in [-0.1, -0.05) is 24.3 Å². The molecule has 21 heavy (non-hydrogen) atoms. The van der Waals surface area contributed by atoms with Gasteiger partial charge in [-0.3, -0.25) is 9.59 Å². The third-order valence-electron chi connectivity index (χ3n) is 2.84. The highest BCUT2D eigenvalue weighted by Gasteiger charge is 2.11. The fourth-order valence-corrected chi connectivity index (χ4v) is 1.73. The monoisotopic (exact) mass is 293 g/mol. The minimum atomic E-state index is -0.635. The predicted molar refractivity (Wildman–Crippen MR) is 80.3 cm³/mol. The number of carbonyl (C=O) groups is 2.